The van der Waals surface area contributed by atoms with Crippen molar-refractivity contribution in [1.29, 1.82) is 0 Å². The number of halogens is 4. The Labute approximate surface area is 178 Å². The van der Waals surface area contributed by atoms with E-state index in [2.05, 4.69) is 27.5 Å². The van der Waals surface area contributed by atoms with E-state index in [1.807, 2.05) is 18.2 Å². The zero-order valence-corrected chi connectivity index (χ0v) is 17.1. The van der Waals surface area contributed by atoms with Gasteiger partial charge in [0.15, 0.2) is 0 Å². The van der Waals surface area contributed by atoms with Gasteiger partial charge in [0.25, 0.3) is 0 Å². The molecule has 0 aliphatic carbocycles. The maximum atomic E-state index is 13.5. The molecular formula is C23H24F4N4. The van der Waals surface area contributed by atoms with Crippen molar-refractivity contribution in [2.24, 2.45) is 0 Å². The molecule has 1 aromatic heterocycles. The van der Waals surface area contributed by atoms with Crippen LogP contribution < -0.4 is 10.6 Å². The van der Waals surface area contributed by atoms with Crippen molar-refractivity contribution in [2.75, 3.05) is 10.6 Å². The summed E-state index contributed by atoms with van der Waals surface area (Å²) in [5.41, 5.74) is 1.06. The predicted molar refractivity (Wildman–Crippen MR) is 114 cm³/mol. The second-order valence-corrected chi connectivity index (χ2v) is 7.22. The Hall–Kier alpha value is -3.16. The van der Waals surface area contributed by atoms with Crippen molar-refractivity contribution >= 4 is 23.1 Å². The van der Waals surface area contributed by atoms with E-state index < -0.39 is 17.6 Å². The van der Waals surface area contributed by atoms with Crippen LogP contribution in [0, 0.1) is 5.82 Å². The molecule has 0 spiro atoms. The van der Waals surface area contributed by atoms with Gasteiger partial charge in [0.05, 0.1) is 0 Å². The van der Waals surface area contributed by atoms with Crippen LogP contribution in [0.15, 0.2) is 54.7 Å². The first kappa shape index (κ1) is 22.5. The molecule has 31 heavy (non-hydrogen) atoms. The van der Waals surface area contributed by atoms with E-state index in [1.54, 1.807) is 6.07 Å². The first-order valence-corrected chi connectivity index (χ1v) is 10.2. The molecule has 0 amide bonds. The normalized spacial score (nSPS) is 11.4. The summed E-state index contributed by atoms with van der Waals surface area (Å²) in [7, 11) is 0. The summed E-state index contributed by atoms with van der Waals surface area (Å²) in [6.07, 6.45) is 1.44. The molecule has 0 saturated carbocycles. The second kappa shape index (κ2) is 10.2. The Morgan fingerprint density at radius 3 is 2.39 bits per heavy atom. The summed E-state index contributed by atoms with van der Waals surface area (Å²) in [4.78, 5) is 7.79. The molecule has 0 aliphatic rings. The van der Waals surface area contributed by atoms with Gasteiger partial charge in [-0.2, -0.15) is 18.2 Å². The predicted octanol–water partition coefficient (Wildman–Crippen LogP) is 7.24. The van der Waals surface area contributed by atoms with Crippen LogP contribution in [0.25, 0.3) is 0 Å². The third-order valence-corrected chi connectivity index (χ3v) is 4.70. The minimum Gasteiger partial charge on any atom is -0.340 e. The van der Waals surface area contributed by atoms with Crippen LogP contribution in [-0.4, -0.2) is 9.97 Å². The molecule has 8 heteroatoms. The van der Waals surface area contributed by atoms with E-state index in [0.717, 1.165) is 43.9 Å². The lowest BCUT2D eigenvalue weighted by Crippen LogP contribution is -2.12. The molecule has 0 bridgehead atoms. The third-order valence-electron chi connectivity index (χ3n) is 4.70. The average Bonchev–Trinajstić information content (AvgIpc) is 2.73. The highest BCUT2D eigenvalue weighted by atomic mass is 19.4. The Morgan fingerprint density at radius 1 is 0.903 bits per heavy atom. The number of anilines is 4. The molecule has 3 aromatic rings. The quantitative estimate of drug-likeness (QED) is 0.276. The van der Waals surface area contributed by atoms with E-state index in [9.17, 15) is 17.6 Å². The number of rotatable bonds is 9. The smallest absolute Gasteiger partial charge is 0.340 e. The summed E-state index contributed by atoms with van der Waals surface area (Å²) in [5.74, 6) is -0.802. The van der Waals surface area contributed by atoms with Gasteiger partial charge in [0.2, 0.25) is 5.95 Å². The van der Waals surface area contributed by atoms with Crippen molar-refractivity contribution in [3.8, 4) is 0 Å². The second-order valence-electron chi connectivity index (χ2n) is 7.22. The number of hydrogen-bond acceptors (Lipinski definition) is 4. The molecule has 4 nitrogen and oxygen atoms in total. The van der Waals surface area contributed by atoms with Gasteiger partial charge in [0.1, 0.15) is 17.2 Å². The summed E-state index contributed by atoms with van der Waals surface area (Å²) in [6.45, 7) is 2.14. The van der Waals surface area contributed by atoms with Gasteiger partial charge < -0.3 is 10.6 Å². The van der Waals surface area contributed by atoms with E-state index in [4.69, 9.17) is 0 Å². The lowest BCUT2D eigenvalue weighted by molar-refractivity contribution is -0.137. The van der Waals surface area contributed by atoms with Crippen LogP contribution in [0.3, 0.4) is 0 Å². The molecule has 164 valence electrons. The number of nitrogens with zero attached hydrogens (tertiary/aromatic N) is 2. The Morgan fingerprint density at radius 2 is 1.68 bits per heavy atom. The highest BCUT2D eigenvalue weighted by molar-refractivity contribution is 5.63. The molecular weight excluding hydrogens is 408 g/mol. The molecule has 0 aliphatic heterocycles. The molecule has 0 radical (unpaired) electrons. The fraction of sp³-hybridized carbons (Fsp3) is 0.304. The van der Waals surface area contributed by atoms with Gasteiger partial charge in [-0.25, -0.2) is 9.37 Å². The van der Waals surface area contributed by atoms with Crippen molar-refractivity contribution in [3.63, 3.8) is 0 Å². The molecule has 1 heterocycles. The highest BCUT2D eigenvalue weighted by Gasteiger charge is 2.35. The third kappa shape index (κ3) is 6.67. The topological polar surface area (TPSA) is 49.8 Å². The lowest BCUT2D eigenvalue weighted by Gasteiger charge is -2.15. The van der Waals surface area contributed by atoms with Crippen LogP contribution in [0.4, 0.5) is 40.7 Å². The SMILES string of the molecule is CCCCCCc1cccc(Nc2nc(Nc3ccc(F)cc3)ncc2C(F)(F)F)c1. The number of aromatic nitrogens is 2. The molecule has 0 saturated heterocycles. The zero-order valence-electron chi connectivity index (χ0n) is 17.1. The number of hydrogen-bond donors (Lipinski definition) is 2. The minimum absolute atomic E-state index is 0.0298. The van der Waals surface area contributed by atoms with E-state index in [0.29, 0.717) is 11.4 Å². The summed E-state index contributed by atoms with van der Waals surface area (Å²) in [5, 5.41) is 5.58. The van der Waals surface area contributed by atoms with Gasteiger partial charge >= 0.3 is 6.18 Å². The largest absolute Gasteiger partial charge is 0.421 e. The standard InChI is InChI=1S/C23H24F4N4/c1-2-3-4-5-7-16-8-6-9-19(14-16)29-21-20(23(25,26)27)15-28-22(31-21)30-18-12-10-17(24)11-13-18/h6,8-15H,2-5,7H2,1H3,(H2,28,29,30,31). The maximum absolute atomic E-state index is 13.5. The average molecular weight is 432 g/mol. The first-order chi connectivity index (χ1) is 14.8. The zero-order chi connectivity index (χ0) is 22.3. The van der Waals surface area contributed by atoms with Crippen LogP contribution in [-0.2, 0) is 12.6 Å². The Kier molecular flexibility index (Phi) is 7.44. The van der Waals surface area contributed by atoms with Gasteiger partial charge in [-0.1, -0.05) is 38.3 Å². The molecule has 2 aromatic carbocycles. The summed E-state index contributed by atoms with van der Waals surface area (Å²) < 4.78 is 53.5. The van der Waals surface area contributed by atoms with E-state index >= 15 is 0 Å². The molecule has 0 unspecified atom stereocenters. The van der Waals surface area contributed by atoms with Crippen LogP contribution >= 0.6 is 0 Å². The summed E-state index contributed by atoms with van der Waals surface area (Å²) >= 11 is 0. The van der Waals surface area contributed by atoms with E-state index in [-0.39, 0.29) is 11.8 Å². The monoisotopic (exact) mass is 432 g/mol. The Balaban J connectivity index is 1.82. The van der Waals surface area contributed by atoms with E-state index in [1.165, 1.54) is 24.3 Å². The van der Waals surface area contributed by atoms with Crippen molar-refractivity contribution in [1.82, 2.24) is 9.97 Å². The Bertz CT molecular complexity index is 988. The fourth-order valence-electron chi connectivity index (χ4n) is 3.10. The van der Waals surface area contributed by atoms with Crippen molar-refractivity contribution in [2.45, 2.75) is 45.2 Å². The van der Waals surface area contributed by atoms with Crippen LogP contribution in [0.2, 0.25) is 0 Å². The van der Waals surface area contributed by atoms with Gasteiger partial charge in [-0.05, 0) is 54.8 Å². The van der Waals surface area contributed by atoms with Crippen molar-refractivity contribution in [3.05, 3.63) is 71.7 Å². The van der Waals surface area contributed by atoms with Crippen LogP contribution in [0.5, 0.6) is 0 Å². The molecule has 0 fully saturated rings. The summed E-state index contributed by atoms with van der Waals surface area (Å²) in [6, 6.07) is 12.7. The van der Waals surface area contributed by atoms with Gasteiger partial charge in [-0.15, -0.1) is 0 Å². The molecule has 2 N–H and O–H groups in total. The number of benzene rings is 2. The van der Waals surface area contributed by atoms with Gasteiger partial charge in [0, 0.05) is 17.6 Å². The number of alkyl halides is 3. The maximum Gasteiger partial charge on any atom is 0.421 e. The van der Waals surface area contributed by atoms with Crippen molar-refractivity contribution < 1.29 is 17.6 Å². The molecule has 3 rings (SSSR count). The molecule has 0 atom stereocenters. The number of aryl methyl sites for hydroxylation is 1. The lowest BCUT2D eigenvalue weighted by atomic mass is 10.1. The number of nitrogens with one attached hydrogen (secondary N) is 2. The fourth-order valence-corrected chi connectivity index (χ4v) is 3.10. The first-order valence-electron chi connectivity index (χ1n) is 10.2. The highest BCUT2D eigenvalue weighted by Crippen LogP contribution is 2.35. The number of unbranched alkanes of at least 4 members (excludes halogenated alkanes) is 3. The van der Waals surface area contributed by atoms with Gasteiger partial charge in [-0.3, -0.25) is 0 Å². The van der Waals surface area contributed by atoms with Crippen LogP contribution in [0.1, 0.15) is 43.7 Å². The minimum atomic E-state index is -4.62.